The predicted molar refractivity (Wildman–Crippen MR) is 69.2 cm³/mol. The number of nitrogens with zero attached hydrogens (tertiary/aromatic N) is 6. The molecule has 0 aliphatic rings. The van der Waals surface area contributed by atoms with E-state index in [1.54, 1.807) is 15.7 Å². The van der Waals surface area contributed by atoms with Gasteiger partial charge in [-0.05, 0) is 22.6 Å². The minimum Gasteiger partial charge on any atom is -0.326 e. The van der Waals surface area contributed by atoms with E-state index in [0.717, 1.165) is 22.5 Å². The van der Waals surface area contributed by atoms with Gasteiger partial charge in [-0.2, -0.15) is 5.10 Å². The summed E-state index contributed by atoms with van der Waals surface area (Å²) in [4.78, 5) is 0. The van der Waals surface area contributed by atoms with E-state index in [0.29, 0.717) is 6.54 Å². The highest BCUT2D eigenvalue weighted by atomic mass is 15.5. The molecule has 0 saturated carbocycles. The third-order valence-corrected chi connectivity index (χ3v) is 2.86. The summed E-state index contributed by atoms with van der Waals surface area (Å²) in [5.41, 5.74) is 9.52. The summed E-state index contributed by atoms with van der Waals surface area (Å²) in [5.74, 6) is 0. The van der Waals surface area contributed by atoms with Crippen molar-refractivity contribution in [1.82, 2.24) is 30.0 Å². The highest BCUT2D eigenvalue weighted by molar-refractivity contribution is 5.65. The van der Waals surface area contributed by atoms with E-state index in [2.05, 4.69) is 20.6 Å². The summed E-state index contributed by atoms with van der Waals surface area (Å²) in [7, 11) is 1.88. The van der Waals surface area contributed by atoms with Gasteiger partial charge < -0.3 is 5.73 Å². The van der Waals surface area contributed by atoms with Crippen molar-refractivity contribution >= 4 is 0 Å². The second-order valence-electron chi connectivity index (χ2n) is 4.19. The van der Waals surface area contributed by atoms with Gasteiger partial charge in [0.05, 0.1) is 11.4 Å². The molecule has 2 aromatic heterocycles. The first-order valence-corrected chi connectivity index (χ1v) is 5.84. The predicted octanol–water partition coefficient (Wildman–Crippen LogP) is 0.521. The highest BCUT2D eigenvalue weighted by Gasteiger charge is 2.10. The number of hydrogen-bond donors (Lipinski definition) is 1. The van der Waals surface area contributed by atoms with Crippen LogP contribution < -0.4 is 5.73 Å². The van der Waals surface area contributed by atoms with Crippen LogP contribution in [0.15, 0.2) is 36.8 Å². The summed E-state index contributed by atoms with van der Waals surface area (Å²) in [6.07, 6.45) is 3.49. The largest absolute Gasteiger partial charge is 0.326 e. The van der Waals surface area contributed by atoms with Crippen LogP contribution in [0.4, 0.5) is 0 Å². The molecule has 0 aliphatic heterocycles. The molecule has 3 rings (SSSR count). The van der Waals surface area contributed by atoms with Gasteiger partial charge in [-0.1, -0.05) is 12.1 Å². The fraction of sp³-hybridized carbons (Fsp3) is 0.167. The van der Waals surface area contributed by atoms with Crippen molar-refractivity contribution in [2.45, 2.75) is 6.54 Å². The van der Waals surface area contributed by atoms with Gasteiger partial charge >= 0.3 is 0 Å². The molecule has 96 valence electrons. The number of aryl methyl sites for hydroxylation is 1. The van der Waals surface area contributed by atoms with E-state index in [4.69, 9.17) is 5.73 Å². The SMILES string of the molecule is Cn1cc(CN)c(-c2cccc(-n3cnnn3)c2)n1. The first-order valence-electron chi connectivity index (χ1n) is 5.84. The molecule has 0 unspecified atom stereocenters. The Balaban J connectivity index is 2.08. The van der Waals surface area contributed by atoms with Gasteiger partial charge in [0, 0.05) is 30.9 Å². The monoisotopic (exact) mass is 255 g/mol. The maximum atomic E-state index is 5.74. The normalized spacial score (nSPS) is 10.8. The summed E-state index contributed by atoms with van der Waals surface area (Å²) >= 11 is 0. The maximum absolute atomic E-state index is 5.74. The first kappa shape index (κ1) is 11.5. The number of rotatable bonds is 3. The lowest BCUT2D eigenvalue weighted by Crippen LogP contribution is -1.98. The molecule has 1 aromatic carbocycles. The van der Waals surface area contributed by atoms with Gasteiger partial charge in [-0.15, -0.1) is 5.10 Å². The number of hydrogen-bond acceptors (Lipinski definition) is 5. The van der Waals surface area contributed by atoms with E-state index < -0.39 is 0 Å². The van der Waals surface area contributed by atoms with Crippen LogP contribution in [-0.2, 0) is 13.6 Å². The number of tetrazole rings is 1. The fourth-order valence-corrected chi connectivity index (χ4v) is 2.01. The zero-order valence-corrected chi connectivity index (χ0v) is 10.4. The minimum atomic E-state index is 0.457. The molecule has 0 radical (unpaired) electrons. The van der Waals surface area contributed by atoms with E-state index in [-0.39, 0.29) is 0 Å². The molecular weight excluding hydrogens is 242 g/mol. The Morgan fingerprint density at radius 3 is 2.95 bits per heavy atom. The average Bonchev–Trinajstić information content (AvgIpc) is 3.07. The molecule has 0 bridgehead atoms. The standard InChI is InChI=1S/C12H13N7/c1-18-7-10(6-13)12(15-18)9-3-2-4-11(5-9)19-8-14-16-17-19/h2-5,7-8H,6,13H2,1H3. The smallest absolute Gasteiger partial charge is 0.143 e. The highest BCUT2D eigenvalue weighted by Crippen LogP contribution is 2.23. The molecule has 0 spiro atoms. The lowest BCUT2D eigenvalue weighted by molar-refractivity contribution is 0.769. The Kier molecular flexibility index (Phi) is 2.81. The molecule has 3 aromatic rings. The van der Waals surface area contributed by atoms with Crippen LogP contribution in [0.1, 0.15) is 5.56 Å². The summed E-state index contributed by atoms with van der Waals surface area (Å²) < 4.78 is 3.37. The molecule has 0 aliphatic carbocycles. The van der Waals surface area contributed by atoms with Crippen molar-refractivity contribution in [2.24, 2.45) is 12.8 Å². The van der Waals surface area contributed by atoms with Crippen LogP contribution in [0.5, 0.6) is 0 Å². The van der Waals surface area contributed by atoms with Crippen molar-refractivity contribution in [3.63, 3.8) is 0 Å². The number of benzene rings is 1. The van der Waals surface area contributed by atoms with Crippen LogP contribution in [0, 0.1) is 0 Å². The van der Waals surface area contributed by atoms with Gasteiger partial charge in [0.15, 0.2) is 0 Å². The van der Waals surface area contributed by atoms with Crippen molar-refractivity contribution < 1.29 is 0 Å². The third-order valence-electron chi connectivity index (χ3n) is 2.86. The fourth-order valence-electron chi connectivity index (χ4n) is 2.01. The molecule has 0 atom stereocenters. The summed E-state index contributed by atoms with van der Waals surface area (Å²) in [5, 5.41) is 15.6. The van der Waals surface area contributed by atoms with E-state index in [9.17, 15) is 0 Å². The Bertz CT molecular complexity index is 684. The van der Waals surface area contributed by atoms with Gasteiger partial charge in [-0.3, -0.25) is 4.68 Å². The zero-order chi connectivity index (χ0) is 13.2. The first-order chi connectivity index (χ1) is 9.28. The maximum Gasteiger partial charge on any atom is 0.143 e. The van der Waals surface area contributed by atoms with E-state index in [1.807, 2.05) is 37.5 Å². The van der Waals surface area contributed by atoms with E-state index >= 15 is 0 Å². The molecule has 0 saturated heterocycles. The molecule has 2 N–H and O–H groups in total. The quantitative estimate of drug-likeness (QED) is 0.737. The molecule has 2 heterocycles. The minimum absolute atomic E-state index is 0.457. The second-order valence-corrected chi connectivity index (χ2v) is 4.19. The summed E-state index contributed by atoms with van der Waals surface area (Å²) in [6.45, 7) is 0.457. The van der Waals surface area contributed by atoms with E-state index in [1.165, 1.54) is 0 Å². The number of nitrogens with two attached hydrogens (primary N) is 1. The van der Waals surface area contributed by atoms with Crippen molar-refractivity contribution in [2.75, 3.05) is 0 Å². The Morgan fingerprint density at radius 2 is 2.21 bits per heavy atom. The lowest BCUT2D eigenvalue weighted by atomic mass is 10.1. The van der Waals surface area contributed by atoms with Crippen LogP contribution >= 0.6 is 0 Å². The van der Waals surface area contributed by atoms with Crippen molar-refractivity contribution in [1.29, 1.82) is 0 Å². The molecular formula is C12H13N7. The van der Waals surface area contributed by atoms with Crippen LogP contribution in [0.3, 0.4) is 0 Å². The van der Waals surface area contributed by atoms with Crippen LogP contribution in [0.2, 0.25) is 0 Å². The number of aromatic nitrogens is 6. The lowest BCUT2D eigenvalue weighted by Gasteiger charge is -2.03. The van der Waals surface area contributed by atoms with Crippen molar-refractivity contribution in [3.8, 4) is 16.9 Å². The molecule has 0 fully saturated rings. The van der Waals surface area contributed by atoms with Crippen LogP contribution in [0.25, 0.3) is 16.9 Å². The second kappa shape index (κ2) is 4.62. The molecule has 19 heavy (non-hydrogen) atoms. The summed E-state index contributed by atoms with van der Waals surface area (Å²) in [6, 6.07) is 7.86. The Labute approximate surface area is 109 Å². The van der Waals surface area contributed by atoms with Gasteiger partial charge in [0.1, 0.15) is 6.33 Å². The van der Waals surface area contributed by atoms with Gasteiger partial charge in [-0.25, -0.2) is 4.68 Å². The van der Waals surface area contributed by atoms with Crippen LogP contribution in [-0.4, -0.2) is 30.0 Å². The molecule has 7 nitrogen and oxygen atoms in total. The van der Waals surface area contributed by atoms with Gasteiger partial charge in [0.2, 0.25) is 0 Å². The molecule has 0 amide bonds. The van der Waals surface area contributed by atoms with Crippen molar-refractivity contribution in [3.05, 3.63) is 42.4 Å². The topological polar surface area (TPSA) is 87.4 Å². The zero-order valence-electron chi connectivity index (χ0n) is 10.4. The van der Waals surface area contributed by atoms with Gasteiger partial charge in [0.25, 0.3) is 0 Å². The average molecular weight is 255 g/mol. The Morgan fingerprint density at radius 1 is 1.32 bits per heavy atom. The Hall–Kier alpha value is -2.54. The third kappa shape index (κ3) is 2.11. The molecule has 7 heteroatoms.